The molecule has 1 unspecified atom stereocenters. The van der Waals surface area contributed by atoms with Crippen LogP contribution >= 0.6 is 12.4 Å². The van der Waals surface area contributed by atoms with Crippen molar-refractivity contribution in [1.82, 2.24) is 5.32 Å². The first kappa shape index (κ1) is 17.9. The van der Waals surface area contributed by atoms with Crippen LogP contribution in [0.3, 0.4) is 0 Å². The molecule has 2 rings (SSSR count). The van der Waals surface area contributed by atoms with Gasteiger partial charge < -0.3 is 11.1 Å². The van der Waals surface area contributed by atoms with E-state index in [4.69, 9.17) is 5.73 Å². The summed E-state index contributed by atoms with van der Waals surface area (Å²) in [4.78, 5) is 11.9. The Morgan fingerprint density at radius 3 is 2.71 bits per heavy atom. The van der Waals surface area contributed by atoms with E-state index in [-0.39, 0.29) is 35.8 Å². The molecule has 0 aromatic heterocycles. The maximum absolute atomic E-state index is 13.6. The van der Waals surface area contributed by atoms with Gasteiger partial charge in [-0.05, 0) is 31.7 Å². The first-order valence-corrected chi connectivity index (χ1v) is 6.97. The van der Waals surface area contributed by atoms with Crippen LogP contribution < -0.4 is 11.1 Å². The quantitative estimate of drug-likeness (QED) is 0.896. The van der Waals surface area contributed by atoms with Gasteiger partial charge >= 0.3 is 0 Å². The molecule has 0 heterocycles. The fourth-order valence-corrected chi connectivity index (χ4v) is 2.79. The third-order valence-electron chi connectivity index (χ3n) is 3.97. The largest absolute Gasteiger partial charge is 0.349 e. The van der Waals surface area contributed by atoms with E-state index in [1.807, 2.05) is 0 Å². The minimum absolute atomic E-state index is 0. The summed E-state index contributed by atoms with van der Waals surface area (Å²) in [7, 11) is 0. The van der Waals surface area contributed by atoms with Crippen molar-refractivity contribution in [2.24, 2.45) is 11.7 Å². The normalized spacial score (nSPS) is 22.5. The van der Waals surface area contributed by atoms with E-state index in [1.54, 1.807) is 6.92 Å². The zero-order chi connectivity index (χ0) is 14.7. The fraction of sp³-hybridized carbons (Fsp3) is 0.533. The summed E-state index contributed by atoms with van der Waals surface area (Å²) in [5.74, 6) is -1.19. The highest BCUT2D eigenvalue weighted by atomic mass is 35.5. The van der Waals surface area contributed by atoms with Crippen molar-refractivity contribution in [2.75, 3.05) is 0 Å². The number of halogens is 3. The summed E-state index contributed by atoms with van der Waals surface area (Å²) in [5.41, 5.74) is 6.22. The molecule has 1 amide bonds. The lowest BCUT2D eigenvalue weighted by Gasteiger charge is -2.18. The molecule has 1 fully saturated rings. The number of benzene rings is 1. The van der Waals surface area contributed by atoms with Crippen LogP contribution in [0.25, 0.3) is 0 Å². The second-order valence-corrected chi connectivity index (χ2v) is 5.51. The van der Waals surface area contributed by atoms with E-state index in [0.29, 0.717) is 6.42 Å². The molecule has 0 spiro atoms. The van der Waals surface area contributed by atoms with Gasteiger partial charge in [0.1, 0.15) is 11.6 Å². The third kappa shape index (κ3) is 4.64. The third-order valence-corrected chi connectivity index (χ3v) is 3.97. The monoisotopic (exact) mass is 318 g/mol. The molecule has 1 aromatic rings. The Labute approximate surface area is 129 Å². The first-order valence-electron chi connectivity index (χ1n) is 6.97. The van der Waals surface area contributed by atoms with Crippen molar-refractivity contribution in [3.05, 3.63) is 35.4 Å². The van der Waals surface area contributed by atoms with E-state index in [0.717, 1.165) is 25.3 Å². The van der Waals surface area contributed by atoms with Crippen molar-refractivity contribution in [2.45, 2.75) is 44.7 Å². The van der Waals surface area contributed by atoms with Gasteiger partial charge in [0.2, 0.25) is 5.91 Å². The van der Waals surface area contributed by atoms with Crippen molar-refractivity contribution in [1.29, 1.82) is 0 Å². The minimum Gasteiger partial charge on any atom is -0.349 e. The Bertz CT molecular complexity index is 499. The zero-order valence-corrected chi connectivity index (χ0v) is 12.8. The van der Waals surface area contributed by atoms with E-state index < -0.39 is 17.7 Å². The van der Waals surface area contributed by atoms with Crippen LogP contribution in [0, 0.1) is 17.6 Å². The molecule has 0 radical (unpaired) electrons. The van der Waals surface area contributed by atoms with E-state index in [2.05, 4.69) is 5.32 Å². The van der Waals surface area contributed by atoms with Gasteiger partial charge in [-0.25, -0.2) is 8.78 Å². The second-order valence-electron chi connectivity index (χ2n) is 5.51. The highest BCUT2D eigenvalue weighted by Crippen LogP contribution is 2.27. The van der Waals surface area contributed by atoms with Crippen LogP contribution in [0.15, 0.2) is 18.2 Å². The Morgan fingerprint density at radius 2 is 2.14 bits per heavy atom. The Kier molecular flexibility index (Phi) is 6.55. The van der Waals surface area contributed by atoms with Crippen molar-refractivity contribution >= 4 is 18.3 Å². The van der Waals surface area contributed by atoms with Gasteiger partial charge in [-0.1, -0.05) is 12.5 Å². The standard InChI is InChI=1S/C15H20F2N2O.ClH/c1-9(12-6-5-11(16)8-13(12)17)19-15(20)7-10-3-2-4-14(10)18;/h5-6,8-10,14H,2-4,7,18H2,1H3,(H,19,20);1H/t9?,10-,14+;/m0./s1. The summed E-state index contributed by atoms with van der Waals surface area (Å²) >= 11 is 0. The highest BCUT2D eigenvalue weighted by molar-refractivity contribution is 5.85. The van der Waals surface area contributed by atoms with Crippen molar-refractivity contribution in [3.63, 3.8) is 0 Å². The molecular weight excluding hydrogens is 298 g/mol. The smallest absolute Gasteiger partial charge is 0.220 e. The summed E-state index contributed by atoms with van der Waals surface area (Å²) in [6.07, 6.45) is 3.35. The number of amides is 1. The first-order chi connectivity index (χ1) is 9.47. The number of hydrogen-bond donors (Lipinski definition) is 2. The van der Waals surface area contributed by atoms with Crippen LogP contribution in [0.5, 0.6) is 0 Å². The molecule has 0 bridgehead atoms. The maximum Gasteiger partial charge on any atom is 0.220 e. The molecule has 21 heavy (non-hydrogen) atoms. The predicted octanol–water partition coefficient (Wildman–Crippen LogP) is 3.08. The lowest BCUT2D eigenvalue weighted by molar-refractivity contribution is -0.122. The van der Waals surface area contributed by atoms with Gasteiger partial charge in [0.15, 0.2) is 0 Å². The van der Waals surface area contributed by atoms with Crippen LogP contribution in [0.4, 0.5) is 8.78 Å². The summed E-state index contributed by atoms with van der Waals surface area (Å²) in [6, 6.07) is 2.97. The average molecular weight is 319 g/mol. The Hall–Kier alpha value is -1.20. The summed E-state index contributed by atoms with van der Waals surface area (Å²) < 4.78 is 26.5. The van der Waals surface area contributed by atoms with Crippen LogP contribution in [-0.4, -0.2) is 11.9 Å². The fourth-order valence-electron chi connectivity index (χ4n) is 2.79. The molecule has 1 aromatic carbocycles. The zero-order valence-electron chi connectivity index (χ0n) is 11.9. The number of carbonyl (C=O) groups is 1. The molecule has 1 aliphatic rings. The Morgan fingerprint density at radius 1 is 1.43 bits per heavy atom. The summed E-state index contributed by atoms with van der Waals surface area (Å²) in [6.45, 7) is 1.68. The SMILES string of the molecule is CC(NC(=O)C[C@@H]1CCC[C@H]1N)c1ccc(F)cc1F.Cl. The van der Waals surface area contributed by atoms with E-state index in [1.165, 1.54) is 12.1 Å². The molecular formula is C15H21ClF2N2O. The number of carbonyl (C=O) groups excluding carboxylic acids is 1. The number of nitrogens with two attached hydrogens (primary N) is 1. The number of rotatable bonds is 4. The lowest BCUT2D eigenvalue weighted by atomic mass is 9.99. The molecule has 3 N–H and O–H groups in total. The van der Waals surface area contributed by atoms with Crippen LogP contribution in [0.1, 0.15) is 44.2 Å². The van der Waals surface area contributed by atoms with E-state index >= 15 is 0 Å². The molecule has 1 saturated carbocycles. The number of hydrogen-bond acceptors (Lipinski definition) is 2. The molecule has 3 atom stereocenters. The number of nitrogens with one attached hydrogen (secondary N) is 1. The van der Waals surface area contributed by atoms with Crippen molar-refractivity contribution < 1.29 is 13.6 Å². The van der Waals surface area contributed by atoms with Gasteiger partial charge in [0, 0.05) is 24.1 Å². The molecule has 0 saturated heterocycles. The molecule has 118 valence electrons. The van der Waals surface area contributed by atoms with Gasteiger partial charge in [0.25, 0.3) is 0 Å². The van der Waals surface area contributed by atoms with Gasteiger partial charge in [-0.3, -0.25) is 4.79 Å². The van der Waals surface area contributed by atoms with Crippen molar-refractivity contribution in [3.8, 4) is 0 Å². The molecule has 0 aliphatic heterocycles. The van der Waals surface area contributed by atoms with Gasteiger partial charge in [-0.2, -0.15) is 0 Å². The Balaban J connectivity index is 0.00000220. The molecule has 6 heteroatoms. The topological polar surface area (TPSA) is 55.1 Å². The molecule has 1 aliphatic carbocycles. The molecule has 3 nitrogen and oxygen atoms in total. The average Bonchev–Trinajstić information content (AvgIpc) is 2.74. The lowest BCUT2D eigenvalue weighted by Crippen LogP contribution is -2.33. The predicted molar refractivity (Wildman–Crippen MR) is 80.1 cm³/mol. The minimum atomic E-state index is -0.643. The van der Waals surface area contributed by atoms with E-state index in [9.17, 15) is 13.6 Å². The second kappa shape index (κ2) is 7.71. The highest BCUT2D eigenvalue weighted by Gasteiger charge is 2.26. The van der Waals surface area contributed by atoms with Crippen LogP contribution in [-0.2, 0) is 4.79 Å². The van der Waals surface area contributed by atoms with Crippen LogP contribution in [0.2, 0.25) is 0 Å². The van der Waals surface area contributed by atoms with Gasteiger partial charge in [0.05, 0.1) is 6.04 Å². The summed E-state index contributed by atoms with van der Waals surface area (Å²) in [5, 5.41) is 2.75. The maximum atomic E-state index is 13.6. The van der Waals surface area contributed by atoms with Gasteiger partial charge in [-0.15, -0.1) is 12.4 Å².